The Morgan fingerprint density at radius 3 is 2.55 bits per heavy atom. The maximum Gasteiger partial charge on any atom is 0.416 e. The van der Waals surface area contributed by atoms with E-state index in [2.05, 4.69) is 5.10 Å². The van der Waals surface area contributed by atoms with Crippen molar-refractivity contribution < 1.29 is 17.4 Å². The van der Waals surface area contributed by atoms with Gasteiger partial charge in [-0.1, -0.05) is 0 Å². The van der Waals surface area contributed by atoms with E-state index in [0.717, 1.165) is 18.2 Å². The van der Waals surface area contributed by atoms with Crippen LogP contribution in [0.2, 0.25) is 0 Å². The van der Waals surface area contributed by atoms with Crippen molar-refractivity contribution in [2.75, 3.05) is 5.73 Å². The van der Waals surface area contributed by atoms with Crippen molar-refractivity contribution in [1.29, 1.82) is 0 Å². The molecule has 0 amide bonds. The van der Waals surface area contributed by atoms with Gasteiger partial charge in [-0.05, 0) is 24.3 Å². The first-order chi connectivity index (χ1) is 9.27. The highest BCUT2D eigenvalue weighted by Crippen LogP contribution is 2.32. The van der Waals surface area contributed by atoms with Gasteiger partial charge in [0.1, 0.15) is 0 Å². The van der Waals surface area contributed by atoms with Crippen molar-refractivity contribution in [3.8, 4) is 0 Å². The molecule has 0 saturated heterocycles. The highest BCUT2D eigenvalue weighted by atomic mass is 32.2. The Balaban J connectivity index is 2.22. The molecule has 0 aliphatic carbocycles. The van der Waals surface area contributed by atoms with Gasteiger partial charge in [0.15, 0.2) is 0 Å². The lowest BCUT2D eigenvalue weighted by Crippen LogP contribution is -2.08. The minimum absolute atomic E-state index is 0.108. The van der Waals surface area contributed by atoms with Crippen molar-refractivity contribution in [2.45, 2.75) is 16.8 Å². The first-order valence-corrected chi connectivity index (χ1v) is 6.93. The minimum Gasteiger partial charge on any atom is -0.398 e. The average molecular weight is 303 g/mol. The molecule has 1 heterocycles. The van der Waals surface area contributed by atoms with E-state index >= 15 is 0 Å². The minimum atomic E-state index is -4.46. The Hall–Kier alpha value is -1.83. The summed E-state index contributed by atoms with van der Waals surface area (Å²) in [5.74, 6) is 0.108. The molecule has 4 nitrogen and oxygen atoms in total. The number of nitrogens with zero attached hydrogens (tertiary/aromatic N) is 2. The zero-order valence-electron chi connectivity index (χ0n) is 10.5. The molecule has 0 spiro atoms. The SMILES string of the molecule is Cn1ccc(CS(=O)c2ccc(C(F)(F)F)cc2N)n1. The van der Waals surface area contributed by atoms with Gasteiger partial charge in [0.2, 0.25) is 0 Å². The van der Waals surface area contributed by atoms with E-state index in [4.69, 9.17) is 5.73 Å². The van der Waals surface area contributed by atoms with Crippen molar-refractivity contribution >= 4 is 16.5 Å². The van der Waals surface area contributed by atoms with Crippen LogP contribution >= 0.6 is 0 Å². The smallest absolute Gasteiger partial charge is 0.398 e. The van der Waals surface area contributed by atoms with Gasteiger partial charge in [0.05, 0.1) is 32.7 Å². The maximum atomic E-state index is 12.5. The molecule has 1 atom stereocenters. The van der Waals surface area contributed by atoms with Gasteiger partial charge in [-0.15, -0.1) is 0 Å². The number of hydrogen-bond donors (Lipinski definition) is 1. The number of aryl methyl sites for hydroxylation is 1. The third-order valence-corrected chi connectivity index (χ3v) is 4.05. The van der Waals surface area contributed by atoms with Gasteiger partial charge < -0.3 is 5.73 Å². The first kappa shape index (κ1) is 14.6. The summed E-state index contributed by atoms with van der Waals surface area (Å²) in [6.07, 6.45) is -2.77. The van der Waals surface area contributed by atoms with Gasteiger partial charge >= 0.3 is 6.18 Å². The fourth-order valence-corrected chi connectivity index (χ4v) is 2.80. The Kier molecular flexibility index (Phi) is 3.85. The number of rotatable bonds is 3. The molecule has 0 aliphatic heterocycles. The normalized spacial score (nSPS) is 13.4. The molecule has 108 valence electrons. The summed E-state index contributed by atoms with van der Waals surface area (Å²) in [6, 6.07) is 4.52. The maximum absolute atomic E-state index is 12.5. The van der Waals surface area contributed by atoms with Crippen LogP contribution in [0.25, 0.3) is 0 Å². The number of benzene rings is 1. The standard InChI is InChI=1S/C12H12F3N3OS/c1-18-5-4-9(17-18)7-20(19)11-3-2-8(6-10(11)16)12(13,14)15/h2-6H,7,16H2,1H3. The van der Waals surface area contributed by atoms with E-state index in [0.29, 0.717) is 5.69 Å². The summed E-state index contributed by atoms with van der Waals surface area (Å²) >= 11 is 0. The summed E-state index contributed by atoms with van der Waals surface area (Å²) in [4.78, 5) is 0.184. The van der Waals surface area contributed by atoms with Gasteiger partial charge in [0, 0.05) is 18.9 Å². The van der Waals surface area contributed by atoms with E-state index in [1.807, 2.05) is 0 Å². The zero-order chi connectivity index (χ0) is 14.9. The predicted molar refractivity (Wildman–Crippen MR) is 69.2 cm³/mol. The van der Waals surface area contributed by atoms with Crippen molar-refractivity contribution in [3.63, 3.8) is 0 Å². The molecule has 1 aromatic heterocycles. The molecule has 2 rings (SSSR count). The van der Waals surface area contributed by atoms with Crippen LogP contribution in [0.5, 0.6) is 0 Å². The van der Waals surface area contributed by atoms with Crippen LogP contribution in [-0.4, -0.2) is 14.0 Å². The van der Waals surface area contributed by atoms with Gasteiger partial charge in [-0.25, -0.2) is 0 Å². The van der Waals surface area contributed by atoms with Gasteiger partial charge in [-0.2, -0.15) is 18.3 Å². The Morgan fingerprint density at radius 1 is 1.35 bits per heavy atom. The molecule has 2 N–H and O–H groups in total. The van der Waals surface area contributed by atoms with Crippen LogP contribution < -0.4 is 5.73 Å². The summed E-state index contributed by atoms with van der Waals surface area (Å²) in [5.41, 5.74) is 5.16. The number of alkyl halides is 3. The first-order valence-electron chi connectivity index (χ1n) is 5.61. The van der Waals surface area contributed by atoms with Crippen LogP contribution in [0.3, 0.4) is 0 Å². The third-order valence-electron chi connectivity index (χ3n) is 2.63. The Labute approximate surface area is 115 Å². The molecule has 8 heteroatoms. The topological polar surface area (TPSA) is 60.9 Å². The summed E-state index contributed by atoms with van der Waals surface area (Å²) < 4.78 is 51.2. The fraction of sp³-hybridized carbons (Fsp3) is 0.250. The van der Waals surface area contributed by atoms with Crippen LogP contribution in [0.15, 0.2) is 35.4 Å². The van der Waals surface area contributed by atoms with E-state index in [1.165, 1.54) is 0 Å². The largest absolute Gasteiger partial charge is 0.416 e. The van der Waals surface area contributed by atoms with Crippen molar-refractivity contribution in [3.05, 3.63) is 41.7 Å². The molecular weight excluding hydrogens is 291 g/mol. The number of nitrogen functional groups attached to an aromatic ring is 1. The second-order valence-electron chi connectivity index (χ2n) is 4.22. The van der Waals surface area contributed by atoms with Crippen LogP contribution in [-0.2, 0) is 29.8 Å². The molecule has 0 saturated carbocycles. The predicted octanol–water partition coefficient (Wildman–Crippen LogP) is 2.33. The van der Waals surface area contributed by atoms with Crippen LogP contribution in [0, 0.1) is 0 Å². The van der Waals surface area contributed by atoms with E-state index in [9.17, 15) is 17.4 Å². The number of anilines is 1. The molecule has 0 bridgehead atoms. The average Bonchev–Trinajstić information content (AvgIpc) is 2.73. The van der Waals surface area contributed by atoms with Crippen LogP contribution in [0.4, 0.5) is 18.9 Å². The molecule has 0 fully saturated rings. The van der Waals surface area contributed by atoms with E-state index in [-0.39, 0.29) is 16.3 Å². The molecule has 0 radical (unpaired) electrons. The van der Waals surface area contributed by atoms with Crippen molar-refractivity contribution in [2.24, 2.45) is 7.05 Å². The van der Waals surface area contributed by atoms with Gasteiger partial charge in [0.25, 0.3) is 0 Å². The summed E-state index contributed by atoms with van der Waals surface area (Å²) in [6.45, 7) is 0. The number of nitrogens with two attached hydrogens (primary N) is 1. The fourth-order valence-electron chi connectivity index (χ4n) is 1.68. The Bertz CT molecular complexity index is 652. The lowest BCUT2D eigenvalue weighted by molar-refractivity contribution is -0.137. The molecule has 1 unspecified atom stereocenters. The lowest BCUT2D eigenvalue weighted by atomic mass is 10.2. The lowest BCUT2D eigenvalue weighted by Gasteiger charge is -2.10. The van der Waals surface area contributed by atoms with Crippen LogP contribution in [0.1, 0.15) is 11.3 Å². The molecule has 0 aliphatic rings. The molecule has 1 aromatic carbocycles. The second kappa shape index (κ2) is 5.28. The molecule has 2 aromatic rings. The van der Waals surface area contributed by atoms with Crippen molar-refractivity contribution in [1.82, 2.24) is 9.78 Å². The molecule has 20 heavy (non-hydrogen) atoms. The summed E-state index contributed by atoms with van der Waals surface area (Å²) in [5, 5.41) is 4.07. The number of hydrogen-bond acceptors (Lipinski definition) is 3. The quantitative estimate of drug-likeness (QED) is 0.885. The monoisotopic (exact) mass is 303 g/mol. The van der Waals surface area contributed by atoms with Gasteiger partial charge in [-0.3, -0.25) is 8.89 Å². The van der Waals surface area contributed by atoms with E-state index in [1.54, 1.807) is 24.0 Å². The number of aromatic nitrogens is 2. The van der Waals surface area contributed by atoms with E-state index < -0.39 is 22.5 Å². The molecular formula is C12H12F3N3OS. The summed E-state index contributed by atoms with van der Waals surface area (Å²) in [7, 11) is 0.185. The highest BCUT2D eigenvalue weighted by molar-refractivity contribution is 7.84. The number of halogens is 3. The Morgan fingerprint density at radius 2 is 2.05 bits per heavy atom. The zero-order valence-corrected chi connectivity index (χ0v) is 11.3. The second-order valence-corrected chi connectivity index (χ2v) is 5.64. The highest BCUT2D eigenvalue weighted by Gasteiger charge is 2.31. The third kappa shape index (κ3) is 3.19.